The van der Waals surface area contributed by atoms with Crippen molar-refractivity contribution in [2.75, 3.05) is 6.26 Å². The molecule has 1 heterocycles. The summed E-state index contributed by atoms with van der Waals surface area (Å²) in [5, 5.41) is 2.62. The number of benzene rings is 1. The lowest BCUT2D eigenvalue weighted by molar-refractivity contribution is 0.615. The number of fused-ring (bicyclic) bond motifs is 1. The molecule has 0 aliphatic heterocycles. The molecule has 0 atom stereocenters. The molecular weight excluding hydrogens is 271 g/mol. The monoisotopic (exact) mass is 276 g/mol. The number of hydrogen-bond acceptors (Lipinski definition) is 2. The Bertz CT molecular complexity index is 450. The van der Waals surface area contributed by atoms with E-state index in [1.165, 1.54) is 11.8 Å². The van der Waals surface area contributed by atoms with E-state index in [1.807, 2.05) is 23.8 Å². The van der Waals surface area contributed by atoms with Gasteiger partial charge in [0.15, 0.2) is 0 Å². The molecule has 13 heavy (non-hydrogen) atoms. The summed E-state index contributed by atoms with van der Waals surface area (Å²) in [5.41, 5.74) is 0. The smallest absolute Gasteiger partial charge is 0.145 e. The highest BCUT2D eigenvalue weighted by molar-refractivity contribution is 9.10. The van der Waals surface area contributed by atoms with Gasteiger partial charge in [-0.1, -0.05) is 0 Å². The molecule has 0 saturated heterocycles. The summed E-state index contributed by atoms with van der Waals surface area (Å²) in [6.45, 7) is 0. The van der Waals surface area contributed by atoms with Gasteiger partial charge in [-0.25, -0.2) is 4.39 Å². The number of rotatable bonds is 1. The van der Waals surface area contributed by atoms with Gasteiger partial charge >= 0.3 is 0 Å². The zero-order valence-corrected chi connectivity index (χ0v) is 10.0. The third kappa shape index (κ3) is 1.51. The van der Waals surface area contributed by atoms with Gasteiger partial charge in [-0.15, -0.1) is 23.1 Å². The minimum atomic E-state index is -0.105. The second-order valence-corrected chi connectivity index (χ2v) is 5.16. The molecule has 2 aromatic rings. The molecule has 0 bridgehead atoms. The van der Waals surface area contributed by atoms with Crippen molar-refractivity contribution in [1.82, 2.24) is 0 Å². The Morgan fingerprint density at radius 1 is 1.54 bits per heavy atom. The Hall–Kier alpha value is -0.0600. The highest BCUT2D eigenvalue weighted by Gasteiger charge is 2.10. The fourth-order valence-corrected chi connectivity index (χ4v) is 3.39. The third-order valence-corrected chi connectivity index (χ3v) is 4.39. The van der Waals surface area contributed by atoms with Crippen LogP contribution in [-0.2, 0) is 0 Å². The summed E-state index contributed by atoms with van der Waals surface area (Å²) in [6, 6.07) is 3.65. The van der Waals surface area contributed by atoms with Gasteiger partial charge in [0, 0.05) is 14.8 Å². The third-order valence-electron chi connectivity index (χ3n) is 1.81. The van der Waals surface area contributed by atoms with Crippen molar-refractivity contribution < 1.29 is 4.39 Å². The quantitative estimate of drug-likeness (QED) is 0.690. The maximum Gasteiger partial charge on any atom is 0.145 e. The van der Waals surface area contributed by atoms with Crippen LogP contribution >= 0.6 is 39.0 Å². The zero-order valence-electron chi connectivity index (χ0n) is 6.80. The Morgan fingerprint density at radius 3 is 3.00 bits per heavy atom. The first-order valence-corrected chi connectivity index (χ1v) is 6.53. The standard InChI is InChI=1S/C9H6BrFS2/c1-12-7-4-6(10)9-5(8(7)11)2-3-13-9/h2-4H,1H3. The molecule has 0 N–H and O–H groups in total. The van der Waals surface area contributed by atoms with E-state index in [4.69, 9.17) is 0 Å². The summed E-state index contributed by atoms with van der Waals surface area (Å²) in [4.78, 5) is 0.692. The van der Waals surface area contributed by atoms with Crippen molar-refractivity contribution >= 4 is 49.1 Å². The number of thioether (sulfide) groups is 1. The highest BCUT2D eigenvalue weighted by atomic mass is 79.9. The van der Waals surface area contributed by atoms with Crippen molar-refractivity contribution in [3.63, 3.8) is 0 Å². The fraction of sp³-hybridized carbons (Fsp3) is 0.111. The molecule has 0 unspecified atom stereocenters. The van der Waals surface area contributed by atoms with Gasteiger partial charge in [0.05, 0.1) is 4.70 Å². The average Bonchev–Trinajstić information content (AvgIpc) is 2.60. The van der Waals surface area contributed by atoms with Gasteiger partial charge < -0.3 is 0 Å². The minimum absolute atomic E-state index is 0.105. The van der Waals surface area contributed by atoms with Gasteiger partial charge in [-0.2, -0.15) is 0 Å². The van der Waals surface area contributed by atoms with Crippen molar-refractivity contribution in [1.29, 1.82) is 0 Å². The molecule has 0 fully saturated rings. The van der Waals surface area contributed by atoms with Crippen LogP contribution < -0.4 is 0 Å². The van der Waals surface area contributed by atoms with E-state index in [-0.39, 0.29) is 5.82 Å². The van der Waals surface area contributed by atoms with E-state index in [1.54, 1.807) is 11.3 Å². The Balaban J connectivity index is 2.85. The fourth-order valence-electron chi connectivity index (χ4n) is 1.19. The van der Waals surface area contributed by atoms with Crippen LogP contribution in [-0.4, -0.2) is 6.26 Å². The van der Waals surface area contributed by atoms with Crippen LogP contribution in [0.2, 0.25) is 0 Å². The normalized spacial score (nSPS) is 11.0. The van der Waals surface area contributed by atoms with Crippen LogP contribution in [0.5, 0.6) is 0 Å². The topological polar surface area (TPSA) is 0 Å². The second-order valence-electron chi connectivity index (χ2n) is 2.54. The number of halogens is 2. The minimum Gasteiger partial charge on any atom is -0.205 e. The molecule has 1 aromatic carbocycles. The Labute approximate surface area is 92.3 Å². The lowest BCUT2D eigenvalue weighted by atomic mass is 10.2. The molecule has 0 saturated carbocycles. The van der Waals surface area contributed by atoms with Crippen molar-refractivity contribution in [2.45, 2.75) is 4.90 Å². The van der Waals surface area contributed by atoms with Gasteiger partial charge in [0.1, 0.15) is 5.82 Å². The molecule has 4 heteroatoms. The van der Waals surface area contributed by atoms with Gasteiger partial charge in [0.2, 0.25) is 0 Å². The van der Waals surface area contributed by atoms with Crippen molar-refractivity contribution in [3.8, 4) is 0 Å². The summed E-state index contributed by atoms with van der Waals surface area (Å²) in [7, 11) is 0. The summed E-state index contributed by atoms with van der Waals surface area (Å²) >= 11 is 6.41. The molecule has 0 aliphatic rings. The highest BCUT2D eigenvalue weighted by Crippen LogP contribution is 2.35. The lowest BCUT2D eigenvalue weighted by Crippen LogP contribution is -1.81. The molecule has 68 valence electrons. The van der Waals surface area contributed by atoms with E-state index in [2.05, 4.69) is 15.9 Å². The summed E-state index contributed by atoms with van der Waals surface area (Å²) in [5.74, 6) is -0.105. The van der Waals surface area contributed by atoms with E-state index in [0.29, 0.717) is 10.3 Å². The van der Waals surface area contributed by atoms with E-state index in [9.17, 15) is 4.39 Å². The van der Waals surface area contributed by atoms with Crippen LogP contribution in [0.3, 0.4) is 0 Å². The van der Waals surface area contributed by atoms with Crippen molar-refractivity contribution in [2.24, 2.45) is 0 Å². The molecule has 1 aromatic heterocycles. The van der Waals surface area contributed by atoms with Crippen LogP contribution in [0.1, 0.15) is 0 Å². The molecule has 0 nitrogen and oxygen atoms in total. The Morgan fingerprint density at radius 2 is 2.31 bits per heavy atom. The molecule has 0 amide bonds. The molecule has 2 rings (SSSR count). The van der Waals surface area contributed by atoms with Gasteiger partial charge in [-0.05, 0) is 39.7 Å². The first kappa shape index (κ1) is 9.49. The first-order chi connectivity index (χ1) is 6.24. The average molecular weight is 277 g/mol. The van der Waals surface area contributed by atoms with Crippen molar-refractivity contribution in [3.05, 3.63) is 27.8 Å². The van der Waals surface area contributed by atoms with Crippen LogP contribution in [0, 0.1) is 5.82 Å². The van der Waals surface area contributed by atoms with Crippen LogP contribution in [0.15, 0.2) is 26.9 Å². The maximum atomic E-state index is 13.6. The van der Waals surface area contributed by atoms with E-state index < -0.39 is 0 Å². The summed E-state index contributed by atoms with van der Waals surface area (Å²) < 4.78 is 15.6. The number of thiophene rings is 1. The lowest BCUT2D eigenvalue weighted by Gasteiger charge is -2.02. The SMILES string of the molecule is CSc1cc(Br)c2sccc2c1F. The van der Waals surface area contributed by atoms with Crippen LogP contribution in [0.25, 0.3) is 10.1 Å². The molecule has 0 aliphatic carbocycles. The van der Waals surface area contributed by atoms with Gasteiger partial charge in [-0.3, -0.25) is 0 Å². The molecule has 0 spiro atoms. The molecule has 0 radical (unpaired) electrons. The molecular formula is C9H6BrFS2. The maximum absolute atomic E-state index is 13.6. The first-order valence-electron chi connectivity index (χ1n) is 3.63. The van der Waals surface area contributed by atoms with Gasteiger partial charge in [0.25, 0.3) is 0 Å². The zero-order chi connectivity index (χ0) is 9.42. The predicted molar refractivity (Wildman–Crippen MR) is 61.3 cm³/mol. The summed E-state index contributed by atoms with van der Waals surface area (Å²) in [6.07, 6.45) is 1.88. The second kappa shape index (κ2) is 3.59. The van der Waals surface area contributed by atoms with E-state index in [0.717, 1.165) is 9.17 Å². The van der Waals surface area contributed by atoms with E-state index >= 15 is 0 Å². The number of hydrogen-bond donors (Lipinski definition) is 0. The van der Waals surface area contributed by atoms with Crippen LogP contribution in [0.4, 0.5) is 4.39 Å². The largest absolute Gasteiger partial charge is 0.205 e. The Kier molecular flexibility index (Phi) is 2.62. The predicted octanol–water partition coefficient (Wildman–Crippen LogP) is 4.52.